The highest BCUT2D eigenvalue weighted by Crippen LogP contribution is 2.35. The van der Waals surface area contributed by atoms with Crippen LogP contribution in [0.2, 0.25) is 0 Å². The van der Waals surface area contributed by atoms with Crippen LogP contribution in [0.1, 0.15) is 29.3 Å². The monoisotopic (exact) mass is 426 g/mol. The maximum Gasteiger partial charge on any atom is 0.295 e. The SMILES string of the molecule is CCCOc1ccccc1-c1cc(S(=O)(=O)O)c(C(=O)CBr)cc1C. The number of alkyl halides is 1. The Balaban J connectivity index is 2.70. The zero-order chi connectivity index (χ0) is 18.6. The van der Waals surface area contributed by atoms with E-state index in [-0.39, 0.29) is 10.9 Å². The molecule has 0 aliphatic rings. The zero-order valence-electron chi connectivity index (χ0n) is 14.0. The van der Waals surface area contributed by atoms with Crippen molar-refractivity contribution < 1.29 is 22.5 Å². The molecule has 134 valence electrons. The number of hydrogen-bond donors (Lipinski definition) is 1. The summed E-state index contributed by atoms with van der Waals surface area (Å²) in [5.74, 6) is 0.200. The number of ketones is 1. The molecule has 25 heavy (non-hydrogen) atoms. The fourth-order valence-electron chi connectivity index (χ4n) is 2.51. The van der Waals surface area contributed by atoms with Gasteiger partial charge in [-0.1, -0.05) is 41.1 Å². The Kier molecular flexibility index (Phi) is 6.37. The van der Waals surface area contributed by atoms with E-state index in [0.29, 0.717) is 29.0 Å². The Morgan fingerprint density at radius 2 is 1.88 bits per heavy atom. The first-order valence-electron chi connectivity index (χ1n) is 7.73. The van der Waals surface area contributed by atoms with Gasteiger partial charge in [0.2, 0.25) is 0 Å². The highest BCUT2D eigenvalue weighted by Gasteiger charge is 2.23. The number of aryl methyl sites for hydroxylation is 1. The average Bonchev–Trinajstić information content (AvgIpc) is 2.58. The summed E-state index contributed by atoms with van der Waals surface area (Å²) in [6, 6.07) is 10.1. The van der Waals surface area contributed by atoms with Crippen molar-refractivity contribution in [3.05, 3.63) is 47.5 Å². The van der Waals surface area contributed by atoms with E-state index in [0.717, 1.165) is 6.42 Å². The van der Waals surface area contributed by atoms with Crippen LogP contribution < -0.4 is 4.74 Å². The summed E-state index contributed by atoms with van der Waals surface area (Å²) in [5.41, 5.74) is 1.97. The van der Waals surface area contributed by atoms with Crippen LogP contribution in [0.15, 0.2) is 41.3 Å². The van der Waals surface area contributed by atoms with E-state index >= 15 is 0 Å². The molecule has 0 unspecified atom stereocenters. The molecule has 0 aliphatic heterocycles. The molecule has 0 aromatic heterocycles. The molecule has 2 aromatic carbocycles. The first-order valence-corrected chi connectivity index (χ1v) is 10.3. The van der Waals surface area contributed by atoms with Crippen molar-refractivity contribution in [1.82, 2.24) is 0 Å². The zero-order valence-corrected chi connectivity index (χ0v) is 16.4. The van der Waals surface area contributed by atoms with Crippen molar-refractivity contribution in [3.63, 3.8) is 0 Å². The van der Waals surface area contributed by atoms with Gasteiger partial charge in [0.25, 0.3) is 10.1 Å². The van der Waals surface area contributed by atoms with E-state index in [1.165, 1.54) is 12.1 Å². The Morgan fingerprint density at radius 1 is 1.20 bits per heavy atom. The van der Waals surface area contributed by atoms with Crippen molar-refractivity contribution in [2.24, 2.45) is 0 Å². The Bertz CT molecular complexity index is 890. The minimum atomic E-state index is -4.55. The van der Waals surface area contributed by atoms with Crippen molar-refractivity contribution >= 4 is 31.8 Å². The van der Waals surface area contributed by atoms with E-state index in [1.54, 1.807) is 13.0 Å². The fourth-order valence-corrected chi connectivity index (χ4v) is 3.53. The van der Waals surface area contributed by atoms with E-state index in [1.807, 2.05) is 25.1 Å². The number of benzene rings is 2. The summed E-state index contributed by atoms with van der Waals surface area (Å²) in [5, 5.41) is -0.0372. The van der Waals surface area contributed by atoms with E-state index in [4.69, 9.17) is 4.74 Å². The summed E-state index contributed by atoms with van der Waals surface area (Å²) >= 11 is 3.03. The summed E-state index contributed by atoms with van der Waals surface area (Å²) in [4.78, 5) is 11.6. The summed E-state index contributed by atoms with van der Waals surface area (Å²) in [7, 11) is -4.55. The number of carbonyl (C=O) groups is 1. The second-order valence-corrected chi connectivity index (χ2v) is 7.49. The lowest BCUT2D eigenvalue weighted by molar-refractivity contribution is 0.102. The quantitative estimate of drug-likeness (QED) is 0.406. The van der Waals surface area contributed by atoms with Gasteiger partial charge in [-0.3, -0.25) is 9.35 Å². The third-order valence-electron chi connectivity index (χ3n) is 3.67. The highest BCUT2D eigenvalue weighted by molar-refractivity contribution is 9.09. The third-order valence-corrected chi connectivity index (χ3v) is 5.07. The molecular formula is C18H19BrO5S. The van der Waals surface area contributed by atoms with Crippen molar-refractivity contribution in [2.75, 3.05) is 11.9 Å². The number of hydrogen-bond acceptors (Lipinski definition) is 4. The van der Waals surface area contributed by atoms with Gasteiger partial charge in [-0.15, -0.1) is 0 Å². The van der Waals surface area contributed by atoms with E-state index < -0.39 is 20.8 Å². The van der Waals surface area contributed by atoms with Crippen LogP contribution in [-0.2, 0) is 10.1 Å². The molecule has 0 saturated carbocycles. The molecule has 0 bridgehead atoms. The second kappa shape index (κ2) is 8.12. The summed E-state index contributed by atoms with van der Waals surface area (Å²) < 4.78 is 38.9. The Labute approximate surface area is 155 Å². The van der Waals surface area contributed by atoms with Gasteiger partial charge in [0.15, 0.2) is 5.78 Å². The molecular weight excluding hydrogens is 408 g/mol. The number of ether oxygens (including phenoxy) is 1. The molecule has 2 aromatic rings. The van der Waals surface area contributed by atoms with Crippen LogP contribution in [0.25, 0.3) is 11.1 Å². The van der Waals surface area contributed by atoms with Crippen molar-refractivity contribution in [1.29, 1.82) is 0 Å². The predicted molar refractivity (Wildman–Crippen MR) is 100 cm³/mol. The van der Waals surface area contributed by atoms with Gasteiger partial charge in [-0.2, -0.15) is 8.42 Å². The molecule has 0 amide bonds. The average molecular weight is 427 g/mol. The minimum Gasteiger partial charge on any atom is -0.493 e. The molecule has 2 rings (SSSR count). The first-order chi connectivity index (χ1) is 11.8. The second-order valence-electron chi connectivity index (χ2n) is 5.54. The van der Waals surface area contributed by atoms with Crippen LogP contribution in [0.5, 0.6) is 5.75 Å². The van der Waals surface area contributed by atoms with Gasteiger partial charge in [0.05, 0.1) is 11.9 Å². The summed E-state index contributed by atoms with van der Waals surface area (Å²) in [6.45, 7) is 4.30. The first kappa shape index (κ1) is 19.6. The molecule has 0 fully saturated rings. The lowest BCUT2D eigenvalue weighted by atomic mass is 9.96. The lowest BCUT2D eigenvalue weighted by Gasteiger charge is -2.15. The van der Waals surface area contributed by atoms with Gasteiger partial charge >= 0.3 is 0 Å². The molecule has 0 atom stereocenters. The Hall–Kier alpha value is -1.70. The van der Waals surface area contributed by atoms with Crippen molar-refractivity contribution in [2.45, 2.75) is 25.2 Å². The fraction of sp³-hybridized carbons (Fsp3) is 0.278. The van der Waals surface area contributed by atoms with Crippen LogP contribution in [-0.4, -0.2) is 30.7 Å². The predicted octanol–water partition coefficient (Wildman–Crippen LogP) is 4.28. The molecule has 0 heterocycles. The van der Waals surface area contributed by atoms with E-state index in [2.05, 4.69) is 15.9 Å². The molecule has 0 aliphatic carbocycles. The highest BCUT2D eigenvalue weighted by atomic mass is 79.9. The smallest absolute Gasteiger partial charge is 0.295 e. The molecule has 7 heteroatoms. The number of carbonyl (C=O) groups excluding carboxylic acids is 1. The third kappa shape index (κ3) is 4.48. The minimum absolute atomic E-state index is 0.0346. The van der Waals surface area contributed by atoms with Gasteiger partial charge in [-0.25, -0.2) is 0 Å². The van der Waals surface area contributed by atoms with Crippen molar-refractivity contribution in [3.8, 4) is 16.9 Å². The van der Waals surface area contributed by atoms with Gasteiger partial charge in [-0.05, 0) is 42.7 Å². The van der Waals surface area contributed by atoms with Crippen LogP contribution in [0.4, 0.5) is 0 Å². The topological polar surface area (TPSA) is 80.7 Å². The number of Topliss-reactive ketones (excluding diaryl/α,β-unsaturated/α-hetero) is 1. The van der Waals surface area contributed by atoms with Crippen LogP contribution >= 0.6 is 15.9 Å². The summed E-state index contributed by atoms with van der Waals surface area (Å²) in [6.07, 6.45) is 0.836. The van der Waals surface area contributed by atoms with Crippen LogP contribution in [0.3, 0.4) is 0 Å². The Morgan fingerprint density at radius 3 is 2.48 bits per heavy atom. The molecule has 0 saturated heterocycles. The normalized spacial score (nSPS) is 11.4. The number of halogens is 1. The number of para-hydroxylation sites is 1. The van der Waals surface area contributed by atoms with Gasteiger partial charge < -0.3 is 4.74 Å². The molecule has 0 spiro atoms. The maximum absolute atomic E-state index is 12.0. The largest absolute Gasteiger partial charge is 0.493 e. The lowest BCUT2D eigenvalue weighted by Crippen LogP contribution is -2.11. The molecule has 1 N–H and O–H groups in total. The number of rotatable bonds is 7. The molecule has 5 nitrogen and oxygen atoms in total. The van der Waals surface area contributed by atoms with Gasteiger partial charge in [0, 0.05) is 11.1 Å². The maximum atomic E-state index is 12.0. The standard InChI is InChI=1S/C18H19BrO5S/c1-3-8-24-17-7-5-4-6-13(17)14-10-18(25(21,22)23)15(9-12(14)2)16(20)11-19/h4-7,9-10H,3,8,11H2,1-2H3,(H,21,22,23). The molecule has 0 radical (unpaired) electrons. The van der Waals surface area contributed by atoms with Gasteiger partial charge in [0.1, 0.15) is 10.6 Å². The van der Waals surface area contributed by atoms with E-state index in [9.17, 15) is 17.8 Å². The van der Waals surface area contributed by atoms with Crippen LogP contribution in [0, 0.1) is 6.92 Å².